The molecule has 0 saturated carbocycles. The molecular weight excluding hydrogens is 244 g/mol. The minimum Gasteiger partial charge on any atom is -0.437 e. The molecule has 1 aromatic rings. The van der Waals surface area contributed by atoms with Gasteiger partial charge in [0.15, 0.2) is 11.3 Å². The Kier molecular flexibility index (Phi) is 3.18. The molecule has 19 heavy (non-hydrogen) atoms. The first-order valence-corrected chi connectivity index (χ1v) is 6.39. The van der Waals surface area contributed by atoms with Crippen LogP contribution in [0, 0.1) is 6.92 Å². The van der Waals surface area contributed by atoms with Crippen LogP contribution in [0.3, 0.4) is 0 Å². The molecule has 1 aliphatic heterocycles. The van der Waals surface area contributed by atoms with Gasteiger partial charge in [-0.05, 0) is 39.3 Å². The van der Waals surface area contributed by atoms with Gasteiger partial charge in [-0.1, -0.05) is 24.6 Å². The Balaban J connectivity index is 2.25. The van der Waals surface area contributed by atoms with E-state index in [1.165, 1.54) is 0 Å². The van der Waals surface area contributed by atoms with Gasteiger partial charge in [-0.15, -0.1) is 0 Å². The molecule has 0 unspecified atom stereocenters. The molecule has 1 amide bonds. The third kappa shape index (κ3) is 2.14. The Morgan fingerprint density at radius 3 is 2.37 bits per heavy atom. The number of nitrogens with one attached hydrogen (secondary N) is 1. The summed E-state index contributed by atoms with van der Waals surface area (Å²) < 4.78 is 5.30. The van der Waals surface area contributed by atoms with Crippen molar-refractivity contribution >= 4 is 11.8 Å². The standard InChI is InChI=1S/C14H20N2O3/c1-5-13(3)14(4,18)16(12(17)19-13)15-11-8-6-10(2)7-9-11/h6-9,15,18H,5H2,1-4H3/t13-,14+/m1/s1. The van der Waals surface area contributed by atoms with Gasteiger partial charge in [0, 0.05) is 0 Å². The minimum atomic E-state index is -1.41. The number of hydrazine groups is 1. The van der Waals surface area contributed by atoms with Gasteiger partial charge in [0.05, 0.1) is 5.69 Å². The number of amides is 1. The lowest BCUT2D eigenvalue weighted by atomic mass is 9.91. The van der Waals surface area contributed by atoms with E-state index in [1.54, 1.807) is 13.8 Å². The predicted molar refractivity (Wildman–Crippen MR) is 72.4 cm³/mol. The number of anilines is 1. The van der Waals surface area contributed by atoms with Crippen molar-refractivity contribution in [1.29, 1.82) is 0 Å². The number of carbonyl (C=O) groups excluding carboxylic acids is 1. The predicted octanol–water partition coefficient (Wildman–Crippen LogP) is 2.65. The van der Waals surface area contributed by atoms with Gasteiger partial charge in [-0.25, -0.2) is 4.79 Å². The summed E-state index contributed by atoms with van der Waals surface area (Å²) in [5, 5.41) is 11.7. The molecule has 1 saturated heterocycles. The third-order valence-electron chi connectivity index (χ3n) is 3.90. The Bertz CT molecular complexity index is 484. The number of nitrogens with zero attached hydrogens (tertiary/aromatic N) is 1. The Morgan fingerprint density at radius 2 is 1.89 bits per heavy atom. The van der Waals surface area contributed by atoms with Gasteiger partial charge in [-0.3, -0.25) is 5.43 Å². The maximum atomic E-state index is 11.9. The SMILES string of the molecule is CC[C@@]1(C)OC(=O)N(Nc2ccc(C)cc2)[C@@]1(C)O. The zero-order valence-electron chi connectivity index (χ0n) is 11.7. The topological polar surface area (TPSA) is 61.8 Å². The van der Waals surface area contributed by atoms with E-state index in [4.69, 9.17) is 4.74 Å². The Labute approximate surface area is 113 Å². The molecule has 2 N–H and O–H groups in total. The van der Waals surface area contributed by atoms with Crippen LogP contribution in [0.1, 0.15) is 32.8 Å². The molecule has 1 aromatic carbocycles. The largest absolute Gasteiger partial charge is 0.437 e. The summed E-state index contributed by atoms with van der Waals surface area (Å²) >= 11 is 0. The van der Waals surface area contributed by atoms with Crippen molar-refractivity contribution in [1.82, 2.24) is 5.01 Å². The van der Waals surface area contributed by atoms with Crippen LogP contribution in [0.5, 0.6) is 0 Å². The summed E-state index contributed by atoms with van der Waals surface area (Å²) in [6.07, 6.45) is -0.0485. The quantitative estimate of drug-likeness (QED) is 0.881. The average molecular weight is 264 g/mol. The lowest BCUT2D eigenvalue weighted by molar-refractivity contribution is -0.131. The molecule has 2 rings (SSSR count). The van der Waals surface area contributed by atoms with Crippen LogP contribution in [0.2, 0.25) is 0 Å². The van der Waals surface area contributed by atoms with Crippen LogP contribution < -0.4 is 5.43 Å². The van der Waals surface area contributed by atoms with Crippen molar-refractivity contribution < 1.29 is 14.6 Å². The summed E-state index contributed by atoms with van der Waals surface area (Å²) in [7, 11) is 0. The normalized spacial score (nSPS) is 30.4. The third-order valence-corrected chi connectivity index (χ3v) is 3.90. The smallest absolute Gasteiger partial charge is 0.432 e. The van der Waals surface area contributed by atoms with Crippen molar-refractivity contribution in [3.05, 3.63) is 29.8 Å². The zero-order chi connectivity index (χ0) is 14.3. The molecule has 1 heterocycles. The molecule has 5 nitrogen and oxygen atoms in total. The van der Waals surface area contributed by atoms with E-state index in [0.717, 1.165) is 16.3 Å². The number of hydrogen-bond acceptors (Lipinski definition) is 4. The van der Waals surface area contributed by atoms with E-state index < -0.39 is 17.4 Å². The molecule has 0 aromatic heterocycles. The van der Waals surface area contributed by atoms with E-state index >= 15 is 0 Å². The number of aryl methyl sites for hydroxylation is 1. The maximum absolute atomic E-state index is 11.9. The number of aliphatic hydroxyl groups is 1. The molecule has 1 aliphatic rings. The summed E-state index contributed by atoms with van der Waals surface area (Å²) in [5.41, 5.74) is 2.41. The molecule has 1 fully saturated rings. The molecule has 0 radical (unpaired) electrons. The van der Waals surface area contributed by atoms with Crippen LogP contribution in [-0.4, -0.2) is 27.5 Å². The van der Waals surface area contributed by atoms with Crippen molar-refractivity contribution in [2.45, 2.75) is 45.4 Å². The highest BCUT2D eigenvalue weighted by Gasteiger charge is 2.59. The van der Waals surface area contributed by atoms with E-state index in [0.29, 0.717) is 6.42 Å². The molecular formula is C14H20N2O3. The van der Waals surface area contributed by atoms with Gasteiger partial charge in [0.2, 0.25) is 0 Å². The molecule has 2 atom stereocenters. The van der Waals surface area contributed by atoms with E-state index in [1.807, 2.05) is 38.1 Å². The van der Waals surface area contributed by atoms with E-state index in [2.05, 4.69) is 5.43 Å². The average Bonchev–Trinajstić information content (AvgIpc) is 2.52. The molecule has 0 aliphatic carbocycles. The summed E-state index contributed by atoms with van der Waals surface area (Å²) in [6.45, 7) is 7.15. The first-order valence-electron chi connectivity index (χ1n) is 6.39. The van der Waals surface area contributed by atoms with Crippen molar-refractivity contribution in [2.24, 2.45) is 0 Å². The number of benzene rings is 1. The first-order chi connectivity index (χ1) is 8.80. The number of ether oxygens (including phenoxy) is 1. The summed E-state index contributed by atoms with van der Waals surface area (Å²) in [5.74, 6) is 0. The van der Waals surface area contributed by atoms with E-state index in [9.17, 15) is 9.90 Å². The second kappa shape index (κ2) is 4.42. The summed E-state index contributed by atoms with van der Waals surface area (Å²) in [4.78, 5) is 11.9. The van der Waals surface area contributed by atoms with Crippen LogP contribution in [0.4, 0.5) is 10.5 Å². The highest BCUT2D eigenvalue weighted by Crippen LogP contribution is 2.39. The van der Waals surface area contributed by atoms with Gasteiger partial charge >= 0.3 is 6.09 Å². The number of cyclic esters (lactones) is 1. The Morgan fingerprint density at radius 1 is 1.32 bits per heavy atom. The number of rotatable bonds is 3. The summed E-state index contributed by atoms with van der Waals surface area (Å²) in [6, 6.07) is 7.55. The zero-order valence-corrected chi connectivity index (χ0v) is 11.7. The van der Waals surface area contributed by atoms with Gasteiger partial charge in [-0.2, -0.15) is 5.01 Å². The van der Waals surface area contributed by atoms with E-state index in [-0.39, 0.29) is 0 Å². The van der Waals surface area contributed by atoms with Crippen molar-refractivity contribution in [2.75, 3.05) is 5.43 Å². The van der Waals surface area contributed by atoms with Crippen LogP contribution in [0.25, 0.3) is 0 Å². The van der Waals surface area contributed by atoms with Crippen molar-refractivity contribution in [3.8, 4) is 0 Å². The van der Waals surface area contributed by atoms with Gasteiger partial charge < -0.3 is 9.84 Å². The second-order valence-corrected chi connectivity index (χ2v) is 5.29. The van der Waals surface area contributed by atoms with Crippen molar-refractivity contribution in [3.63, 3.8) is 0 Å². The molecule has 0 spiro atoms. The lowest BCUT2D eigenvalue weighted by Crippen LogP contribution is -2.56. The van der Waals surface area contributed by atoms with Gasteiger partial charge in [0.1, 0.15) is 0 Å². The van der Waals surface area contributed by atoms with Gasteiger partial charge in [0.25, 0.3) is 0 Å². The first kappa shape index (κ1) is 13.7. The number of hydrogen-bond donors (Lipinski definition) is 2. The van der Waals surface area contributed by atoms with Crippen LogP contribution in [0.15, 0.2) is 24.3 Å². The van der Waals surface area contributed by atoms with Crippen LogP contribution in [-0.2, 0) is 4.74 Å². The fourth-order valence-electron chi connectivity index (χ4n) is 2.07. The lowest BCUT2D eigenvalue weighted by Gasteiger charge is -2.36. The monoisotopic (exact) mass is 264 g/mol. The van der Waals surface area contributed by atoms with Crippen LogP contribution >= 0.6 is 0 Å². The number of carbonyl (C=O) groups is 1. The molecule has 104 valence electrons. The highest BCUT2D eigenvalue weighted by molar-refractivity contribution is 5.74. The molecule has 0 bridgehead atoms. The fourth-order valence-corrected chi connectivity index (χ4v) is 2.07. The highest BCUT2D eigenvalue weighted by atomic mass is 16.6. The second-order valence-electron chi connectivity index (χ2n) is 5.29. The fraction of sp³-hybridized carbons (Fsp3) is 0.500. The minimum absolute atomic E-state index is 0.526. The maximum Gasteiger partial charge on any atom is 0.432 e. The molecule has 5 heteroatoms. The Hall–Kier alpha value is -1.75.